The number of nitrogens with zero attached hydrogens (tertiary/aromatic N) is 4. The minimum Gasteiger partial charge on any atom is -0.482 e. The Labute approximate surface area is 200 Å². The van der Waals surface area contributed by atoms with Gasteiger partial charge in [-0.25, -0.2) is 4.98 Å². The molecule has 0 N–H and O–H groups in total. The van der Waals surface area contributed by atoms with E-state index in [0.29, 0.717) is 5.75 Å². The lowest BCUT2D eigenvalue weighted by Gasteiger charge is -2.16. The van der Waals surface area contributed by atoms with Crippen molar-refractivity contribution in [1.82, 2.24) is 19.7 Å². The third kappa shape index (κ3) is 4.43. The zero-order chi connectivity index (χ0) is 22.9. The number of hydrogen-bond acceptors (Lipinski definition) is 8. The van der Waals surface area contributed by atoms with Crippen molar-refractivity contribution in [3.8, 4) is 27.8 Å². The number of thioether (sulfide) groups is 1. The number of fused-ring (bicyclic) bond motifs is 1. The molecule has 2 aromatic carbocycles. The molecule has 1 atom stereocenters. The predicted octanol–water partition coefficient (Wildman–Crippen LogP) is 5.72. The summed E-state index contributed by atoms with van der Waals surface area (Å²) in [6.45, 7) is 6.42. The van der Waals surface area contributed by atoms with Crippen LogP contribution in [0.15, 0.2) is 46.9 Å². The van der Waals surface area contributed by atoms with Crippen molar-refractivity contribution in [3.05, 3.63) is 64.4 Å². The molecular weight excluding hydrogens is 456 g/mol. The van der Waals surface area contributed by atoms with E-state index in [1.165, 1.54) is 5.56 Å². The van der Waals surface area contributed by atoms with Crippen LogP contribution in [0.4, 0.5) is 0 Å². The first-order valence-corrected chi connectivity index (χ1v) is 12.5. The van der Waals surface area contributed by atoms with Gasteiger partial charge in [0.05, 0.1) is 5.69 Å². The van der Waals surface area contributed by atoms with Crippen LogP contribution in [0.5, 0.6) is 17.2 Å². The second kappa shape index (κ2) is 9.07. The zero-order valence-electron chi connectivity index (χ0n) is 18.9. The van der Waals surface area contributed by atoms with Gasteiger partial charge in [-0.3, -0.25) is 0 Å². The van der Waals surface area contributed by atoms with Gasteiger partial charge < -0.3 is 18.8 Å². The molecule has 9 heteroatoms. The maximum atomic E-state index is 6.19. The normalized spacial score (nSPS) is 13.3. The molecule has 0 bridgehead atoms. The highest BCUT2D eigenvalue weighted by atomic mass is 32.2. The topological polar surface area (TPSA) is 71.3 Å². The minimum atomic E-state index is -0.214. The largest absolute Gasteiger partial charge is 0.482 e. The van der Waals surface area contributed by atoms with Gasteiger partial charge in [0.1, 0.15) is 10.8 Å². The molecule has 3 heterocycles. The van der Waals surface area contributed by atoms with Gasteiger partial charge in [0, 0.05) is 23.7 Å². The maximum Gasteiger partial charge on any atom is 0.231 e. The van der Waals surface area contributed by atoms with Crippen molar-refractivity contribution in [1.29, 1.82) is 0 Å². The molecule has 0 spiro atoms. The molecule has 2 aromatic heterocycles. The number of thiazole rings is 1. The van der Waals surface area contributed by atoms with Crippen molar-refractivity contribution in [3.63, 3.8) is 0 Å². The summed E-state index contributed by atoms with van der Waals surface area (Å²) < 4.78 is 19.1. The van der Waals surface area contributed by atoms with E-state index in [4.69, 9.17) is 19.2 Å². The Morgan fingerprint density at radius 3 is 2.88 bits per heavy atom. The Kier molecular flexibility index (Phi) is 5.99. The van der Waals surface area contributed by atoms with E-state index >= 15 is 0 Å². The number of aryl methyl sites for hydroxylation is 1. The third-order valence-electron chi connectivity index (χ3n) is 5.61. The molecule has 7 nitrogen and oxygen atoms in total. The molecule has 0 radical (unpaired) electrons. The lowest BCUT2D eigenvalue weighted by Crippen LogP contribution is -2.10. The molecule has 0 saturated heterocycles. The molecular formula is C24H24N4O3S2. The number of rotatable bonds is 7. The maximum absolute atomic E-state index is 6.19. The summed E-state index contributed by atoms with van der Waals surface area (Å²) in [4.78, 5) is 4.79. The number of hydrogen-bond donors (Lipinski definition) is 0. The summed E-state index contributed by atoms with van der Waals surface area (Å²) in [6, 6.07) is 12.0. The molecule has 1 unspecified atom stereocenters. The highest BCUT2D eigenvalue weighted by Crippen LogP contribution is 2.37. The summed E-state index contributed by atoms with van der Waals surface area (Å²) >= 11 is 3.23. The van der Waals surface area contributed by atoms with Crippen LogP contribution in [0.1, 0.15) is 35.7 Å². The molecule has 5 rings (SSSR count). The molecule has 0 saturated carbocycles. The molecule has 170 valence electrons. The lowest BCUT2D eigenvalue weighted by atomic mass is 10.1. The van der Waals surface area contributed by atoms with E-state index < -0.39 is 0 Å². The smallest absolute Gasteiger partial charge is 0.231 e. The van der Waals surface area contributed by atoms with Gasteiger partial charge in [0.2, 0.25) is 6.79 Å². The van der Waals surface area contributed by atoms with Gasteiger partial charge in [-0.1, -0.05) is 23.9 Å². The van der Waals surface area contributed by atoms with Crippen molar-refractivity contribution in [2.45, 2.75) is 37.8 Å². The molecule has 0 amide bonds. The van der Waals surface area contributed by atoms with Crippen LogP contribution in [0.2, 0.25) is 0 Å². The first-order chi connectivity index (χ1) is 16.0. The van der Waals surface area contributed by atoms with Gasteiger partial charge in [0.15, 0.2) is 28.6 Å². The first kappa shape index (κ1) is 21.8. The Bertz CT molecular complexity index is 1300. The fraction of sp³-hybridized carbons (Fsp3) is 0.292. The Balaban J connectivity index is 1.24. The Morgan fingerprint density at radius 1 is 1.15 bits per heavy atom. The standard InChI is InChI=1S/C24H24N4O3S2/c1-14-6-5-7-19(15(14)2)31-16(3)22-26-27-24(28(22)4)33-12-18-11-32-23(25-18)17-8-9-20-21(10-17)30-13-29-20/h5-11,16H,12-13H2,1-4H3. The van der Waals surface area contributed by atoms with E-state index in [-0.39, 0.29) is 12.9 Å². The van der Waals surface area contributed by atoms with Crippen LogP contribution in [-0.2, 0) is 12.8 Å². The minimum absolute atomic E-state index is 0.214. The van der Waals surface area contributed by atoms with E-state index in [0.717, 1.165) is 50.1 Å². The summed E-state index contributed by atoms with van der Waals surface area (Å²) in [5, 5.41) is 12.6. The number of aromatic nitrogens is 4. The number of ether oxygens (including phenoxy) is 3. The van der Waals surface area contributed by atoms with E-state index in [9.17, 15) is 0 Å². The molecule has 1 aliphatic heterocycles. The van der Waals surface area contributed by atoms with E-state index in [2.05, 4.69) is 35.5 Å². The average Bonchev–Trinajstić information content (AvgIpc) is 3.54. The quantitative estimate of drug-likeness (QED) is 0.313. The molecule has 33 heavy (non-hydrogen) atoms. The first-order valence-electron chi connectivity index (χ1n) is 10.6. The van der Waals surface area contributed by atoms with Gasteiger partial charge in [-0.2, -0.15) is 0 Å². The summed E-state index contributed by atoms with van der Waals surface area (Å²) in [6.07, 6.45) is -0.214. The average molecular weight is 481 g/mol. The van der Waals surface area contributed by atoms with Gasteiger partial charge in [0.25, 0.3) is 0 Å². The molecule has 4 aromatic rings. The predicted molar refractivity (Wildman–Crippen MR) is 129 cm³/mol. The van der Waals surface area contributed by atoms with Crippen LogP contribution in [0.3, 0.4) is 0 Å². The van der Waals surface area contributed by atoms with Crippen molar-refractivity contribution in [2.75, 3.05) is 6.79 Å². The highest BCUT2D eigenvalue weighted by Gasteiger charge is 2.19. The third-order valence-corrected chi connectivity index (χ3v) is 7.61. The number of benzene rings is 2. The summed E-state index contributed by atoms with van der Waals surface area (Å²) in [7, 11) is 1.97. The SMILES string of the molecule is Cc1cccc(OC(C)c2nnc(SCc3csc(-c4ccc5c(c4)OCO5)n3)n2C)c1C. The van der Waals surface area contributed by atoms with E-state index in [1.807, 2.05) is 48.9 Å². The van der Waals surface area contributed by atoms with Crippen LogP contribution in [-0.4, -0.2) is 26.5 Å². The second-order valence-electron chi connectivity index (χ2n) is 7.86. The fourth-order valence-corrected chi connectivity index (χ4v) is 5.31. The van der Waals surface area contributed by atoms with Crippen LogP contribution in [0.25, 0.3) is 10.6 Å². The Morgan fingerprint density at radius 2 is 2.00 bits per heavy atom. The second-order valence-corrected chi connectivity index (χ2v) is 9.66. The summed E-state index contributed by atoms with van der Waals surface area (Å²) in [5.41, 5.74) is 4.38. The molecule has 1 aliphatic rings. The highest BCUT2D eigenvalue weighted by molar-refractivity contribution is 7.98. The van der Waals surface area contributed by atoms with Gasteiger partial charge >= 0.3 is 0 Å². The van der Waals surface area contributed by atoms with E-state index in [1.54, 1.807) is 23.1 Å². The fourth-order valence-electron chi connectivity index (χ4n) is 3.57. The van der Waals surface area contributed by atoms with Crippen LogP contribution in [0, 0.1) is 13.8 Å². The lowest BCUT2D eigenvalue weighted by molar-refractivity contribution is 0.174. The summed E-state index contributed by atoms with van der Waals surface area (Å²) in [5.74, 6) is 3.91. The zero-order valence-corrected chi connectivity index (χ0v) is 20.5. The van der Waals surface area contributed by atoms with Gasteiger partial charge in [-0.15, -0.1) is 21.5 Å². The Hall–Kier alpha value is -3.04. The molecule has 0 fully saturated rings. The monoisotopic (exact) mass is 480 g/mol. The molecule has 0 aliphatic carbocycles. The van der Waals surface area contributed by atoms with Gasteiger partial charge in [-0.05, 0) is 56.2 Å². The van der Waals surface area contributed by atoms with Crippen LogP contribution >= 0.6 is 23.1 Å². The van der Waals surface area contributed by atoms with Crippen molar-refractivity contribution in [2.24, 2.45) is 7.05 Å². The van der Waals surface area contributed by atoms with Crippen molar-refractivity contribution >= 4 is 23.1 Å². The van der Waals surface area contributed by atoms with Crippen LogP contribution < -0.4 is 14.2 Å². The van der Waals surface area contributed by atoms with Crippen molar-refractivity contribution < 1.29 is 14.2 Å².